The molecule has 1 aromatic rings. The van der Waals surface area contributed by atoms with Crippen molar-refractivity contribution in [3.05, 3.63) is 23.8 Å². The van der Waals surface area contributed by atoms with Gasteiger partial charge in [-0.05, 0) is 23.6 Å². The highest BCUT2D eigenvalue weighted by Gasteiger charge is 2.23. The Hall–Kier alpha value is -1.16. The summed E-state index contributed by atoms with van der Waals surface area (Å²) < 4.78 is 0. The molecule has 0 fully saturated rings. The molecule has 0 saturated heterocycles. The molecule has 1 aromatic carbocycles. The van der Waals surface area contributed by atoms with Gasteiger partial charge < -0.3 is 10.4 Å². The highest BCUT2D eigenvalue weighted by atomic mass is 32.2. The van der Waals surface area contributed by atoms with Crippen LogP contribution in [0.4, 0.5) is 5.69 Å². The van der Waals surface area contributed by atoms with Crippen LogP contribution in [-0.2, 0) is 4.79 Å². The van der Waals surface area contributed by atoms with Crippen LogP contribution >= 0.6 is 11.8 Å². The highest BCUT2D eigenvalue weighted by Crippen LogP contribution is 2.35. The maximum Gasteiger partial charge on any atom is 0.326 e. The van der Waals surface area contributed by atoms with Crippen molar-refractivity contribution in [2.24, 2.45) is 0 Å². The molecule has 1 unspecified atom stereocenters. The van der Waals surface area contributed by atoms with Gasteiger partial charge in [-0.15, -0.1) is 11.8 Å². The third-order valence-corrected chi connectivity index (χ3v) is 3.85. The first-order valence-electron chi connectivity index (χ1n) is 5.34. The lowest BCUT2D eigenvalue weighted by molar-refractivity contribution is -0.137. The zero-order chi connectivity index (χ0) is 11.7. The second-order valence-corrected chi connectivity index (χ2v) is 5.32. The smallest absolute Gasteiger partial charge is 0.326 e. The van der Waals surface area contributed by atoms with Crippen molar-refractivity contribution in [1.82, 2.24) is 0 Å². The maximum atomic E-state index is 10.9. The van der Waals surface area contributed by atoms with Gasteiger partial charge in [-0.2, -0.15) is 0 Å². The first-order valence-corrected chi connectivity index (χ1v) is 6.32. The number of carboxylic acid groups (broad SMARTS) is 1. The summed E-state index contributed by atoms with van der Waals surface area (Å²) >= 11 is 1.61. The number of anilines is 1. The van der Waals surface area contributed by atoms with Gasteiger partial charge in [-0.25, -0.2) is 4.79 Å². The van der Waals surface area contributed by atoms with Crippen LogP contribution < -0.4 is 5.32 Å². The molecule has 16 heavy (non-hydrogen) atoms. The van der Waals surface area contributed by atoms with Gasteiger partial charge in [0.1, 0.15) is 6.04 Å². The van der Waals surface area contributed by atoms with Crippen LogP contribution in [0.2, 0.25) is 0 Å². The monoisotopic (exact) mass is 237 g/mol. The van der Waals surface area contributed by atoms with Gasteiger partial charge in [-0.3, -0.25) is 0 Å². The van der Waals surface area contributed by atoms with E-state index < -0.39 is 12.0 Å². The quantitative estimate of drug-likeness (QED) is 0.830. The SMILES string of the molecule is CC(C)c1ccc2c(c1)SCC(C(=O)O)N2. The van der Waals surface area contributed by atoms with Crippen molar-refractivity contribution < 1.29 is 9.90 Å². The minimum absolute atomic E-state index is 0.470. The summed E-state index contributed by atoms with van der Waals surface area (Å²) in [4.78, 5) is 12.0. The Balaban J connectivity index is 2.25. The summed E-state index contributed by atoms with van der Waals surface area (Å²) in [5.41, 5.74) is 2.23. The topological polar surface area (TPSA) is 49.3 Å². The standard InChI is InChI=1S/C12H15NO2S/c1-7(2)8-3-4-9-11(5-8)16-6-10(13-9)12(14)15/h3-5,7,10,13H,6H2,1-2H3,(H,14,15). The van der Waals surface area contributed by atoms with Gasteiger partial charge in [0.15, 0.2) is 0 Å². The van der Waals surface area contributed by atoms with E-state index in [1.54, 1.807) is 11.8 Å². The molecule has 1 heterocycles. The van der Waals surface area contributed by atoms with Gasteiger partial charge in [0.05, 0.1) is 0 Å². The number of nitrogens with one attached hydrogen (secondary N) is 1. The van der Waals surface area contributed by atoms with Crippen molar-refractivity contribution >= 4 is 23.4 Å². The minimum atomic E-state index is -0.786. The molecule has 1 aliphatic rings. The van der Waals surface area contributed by atoms with Gasteiger partial charge in [0, 0.05) is 16.3 Å². The van der Waals surface area contributed by atoms with E-state index in [4.69, 9.17) is 5.11 Å². The first-order chi connectivity index (χ1) is 7.58. The normalized spacial score (nSPS) is 19.1. The molecule has 2 N–H and O–H groups in total. The van der Waals surface area contributed by atoms with Crippen LogP contribution in [0.5, 0.6) is 0 Å². The predicted octanol–water partition coefficient (Wildman–Crippen LogP) is 2.78. The fraction of sp³-hybridized carbons (Fsp3) is 0.417. The molecule has 3 nitrogen and oxygen atoms in total. The number of thioether (sulfide) groups is 1. The molecule has 0 saturated carbocycles. The van der Waals surface area contributed by atoms with E-state index in [1.807, 2.05) is 6.07 Å². The van der Waals surface area contributed by atoms with Crippen LogP contribution in [0.15, 0.2) is 23.1 Å². The molecule has 2 rings (SSSR count). The number of hydrogen-bond donors (Lipinski definition) is 2. The van der Waals surface area contributed by atoms with Crippen molar-refractivity contribution in [2.75, 3.05) is 11.1 Å². The van der Waals surface area contributed by atoms with Gasteiger partial charge in [0.25, 0.3) is 0 Å². The number of aliphatic carboxylic acids is 1. The molecule has 0 radical (unpaired) electrons. The van der Waals surface area contributed by atoms with Crippen LogP contribution in [0.1, 0.15) is 25.3 Å². The number of fused-ring (bicyclic) bond motifs is 1. The van der Waals surface area contributed by atoms with E-state index >= 15 is 0 Å². The lowest BCUT2D eigenvalue weighted by Crippen LogP contribution is -2.34. The number of benzene rings is 1. The van der Waals surface area contributed by atoms with E-state index in [2.05, 4.69) is 31.3 Å². The molecule has 0 aliphatic carbocycles. The molecule has 0 spiro atoms. The molecule has 1 atom stereocenters. The van der Waals surface area contributed by atoms with Crippen LogP contribution in [-0.4, -0.2) is 22.9 Å². The maximum absolute atomic E-state index is 10.9. The Morgan fingerprint density at radius 3 is 2.94 bits per heavy atom. The average molecular weight is 237 g/mol. The average Bonchev–Trinajstić information content (AvgIpc) is 2.27. The fourth-order valence-electron chi connectivity index (χ4n) is 1.67. The highest BCUT2D eigenvalue weighted by molar-refractivity contribution is 7.99. The van der Waals surface area contributed by atoms with Crippen molar-refractivity contribution in [2.45, 2.75) is 30.7 Å². The van der Waals surface area contributed by atoms with Crippen LogP contribution in [0.3, 0.4) is 0 Å². The van der Waals surface area contributed by atoms with Crippen LogP contribution in [0.25, 0.3) is 0 Å². The Bertz CT molecular complexity index is 417. The van der Waals surface area contributed by atoms with E-state index in [-0.39, 0.29) is 0 Å². The molecule has 1 aliphatic heterocycles. The van der Waals surface area contributed by atoms with E-state index in [9.17, 15) is 4.79 Å². The van der Waals surface area contributed by atoms with E-state index in [0.29, 0.717) is 11.7 Å². The van der Waals surface area contributed by atoms with Gasteiger partial charge in [-0.1, -0.05) is 19.9 Å². The number of hydrogen-bond acceptors (Lipinski definition) is 3. The van der Waals surface area contributed by atoms with Gasteiger partial charge >= 0.3 is 5.97 Å². The third kappa shape index (κ3) is 2.16. The minimum Gasteiger partial charge on any atom is -0.480 e. The lowest BCUT2D eigenvalue weighted by atomic mass is 10.0. The summed E-state index contributed by atoms with van der Waals surface area (Å²) in [6.07, 6.45) is 0. The lowest BCUT2D eigenvalue weighted by Gasteiger charge is -2.24. The summed E-state index contributed by atoms with van der Waals surface area (Å²) in [5, 5.41) is 12.0. The number of rotatable bonds is 2. The summed E-state index contributed by atoms with van der Waals surface area (Å²) in [6, 6.07) is 5.71. The summed E-state index contributed by atoms with van der Waals surface area (Å²) in [6.45, 7) is 4.31. The Labute approximate surface area is 99.2 Å². The number of carboxylic acids is 1. The van der Waals surface area contributed by atoms with E-state index in [0.717, 1.165) is 10.6 Å². The van der Waals surface area contributed by atoms with Gasteiger partial charge in [0.2, 0.25) is 0 Å². The third-order valence-electron chi connectivity index (χ3n) is 2.71. The molecule has 0 amide bonds. The molecular weight excluding hydrogens is 222 g/mol. The molecule has 4 heteroatoms. The molecule has 0 bridgehead atoms. The second kappa shape index (κ2) is 4.37. The molecule has 86 valence electrons. The van der Waals surface area contributed by atoms with Crippen LogP contribution in [0, 0.1) is 0 Å². The zero-order valence-corrected chi connectivity index (χ0v) is 10.2. The first kappa shape index (κ1) is 11.3. The largest absolute Gasteiger partial charge is 0.480 e. The zero-order valence-electron chi connectivity index (χ0n) is 9.36. The van der Waals surface area contributed by atoms with E-state index in [1.165, 1.54) is 5.56 Å². The fourth-order valence-corrected chi connectivity index (χ4v) is 2.75. The Kier molecular flexibility index (Phi) is 3.10. The Morgan fingerprint density at radius 1 is 1.56 bits per heavy atom. The second-order valence-electron chi connectivity index (χ2n) is 4.26. The summed E-state index contributed by atoms with van der Waals surface area (Å²) in [5.74, 6) is 0.304. The van der Waals surface area contributed by atoms with Crippen molar-refractivity contribution in [3.63, 3.8) is 0 Å². The summed E-state index contributed by atoms with van der Waals surface area (Å²) in [7, 11) is 0. The number of carbonyl (C=O) groups is 1. The molecule has 0 aromatic heterocycles. The van der Waals surface area contributed by atoms with Crippen molar-refractivity contribution in [3.8, 4) is 0 Å². The predicted molar refractivity (Wildman–Crippen MR) is 66.3 cm³/mol. The Morgan fingerprint density at radius 2 is 2.31 bits per heavy atom. The molecular formula is C12H15NO2S. The van der Waals surface area contributed by atoms with Crippen molar-refractivity contribution in [1.29, 1.82) is 0 Å².